The molecule has 0 atom stereocenters. The molecule has 2 aromatic rings. The van der Waals surface area contributed by atoms with E-state index in [9.17, 15) is 4.79 Å². The third-order valence-electron chi connectivity index (χ3n) is 2.29. The standard InChI is InChI=1S/C14H11ClOS/c1-10(16)13-9-11(15)7-8-14(13)17-12-5-3-2-4-6-12/h2-9H,1H3. The molecule has 3 heteroatoms. The van der Waals surface area contributed by atoms with Crippen molar-refractivity contribution >= 4 is 29.1 Å². The number of carbonyl (C=O) groups excluding carboxylic acids is 1. The highest BCUT2D eigenvalue weighted by Gasteiger charge is 2.09. The number of carbonyl (C=O) groups is 1. The lowest BCUT2D eigenvalue weighted by Crippen LogP contribution is -1.94. The highest BCUT2D eigenvalue weighted by atomic mass is 35.5. The molecule has 17 heavy (non-hydrogen) atoms. The van der Waals surface area contributed by atoms with Gasteiger partial charge in [-0.3, -0.25) is 4.79 Å². The van der Waals surface area contributed by atoms with Gasteiger partial charge in [0.25, 0.3) is 0 Å². The van der Waals surface area contributed by atoms with Crippen LogP contribution in [0.1, 0.15) is 17.3 Å². The van der Waals surface area contributed by atoms with E-state index in [2.05, 4.69) is 0 Å². The molecular weight excluding hydrogens is 252 g/mol. The molecule has 2 aromatic carbocycles. The Kier molecular flexibility index (Phi) is 3.87. The number of rotatable bonds is 3. The van der Waals surface area contributed by atoms with Crippen LogP contribution in [0.15, 0.2) is 58.3 Å². The van der Waals surface area contributed by atoms with Crippen LogP contribution in [0.2, 0.25) is 5.02 Å². The number of hydrogen-bond acceptors (Lipinski definition) is 2. The molecule has 0 unspecified atom stereocenters. The van der Waals surface area contributed by atoms with Gasteiger partial charge in [0.05, 0.1) is 0 Å². The van der Waals surface area contributed by atoms with Gasteiger partial charge in [0, 0.05) is 20.4 Å². The van der Waals surface area contributed by atoms with Crippen molar-refractivity contribution in [1.29, 1.82) is 0 Å². The lowest BCUT2D eigenvalue weighted by atomic mass is 10.1. The number of hydrogen-bond donors (Lipinski definition) is 0. The van der Waals surface area contributed by atoms with Crippen molar-refractivity contribution in [2.24, 2.45) is 0 Å². The first-order chi connectivity index (χ1) is 8.16. The molecule has 0 heterocycles. The average molecular weight is 263 g/mol. The molecule has 0 bridgehead atoms. The summed E-state index contributed by atoms with van der Waals surface area (Å²) >= 11 is 7.47. The van der Waals surface area contributed by atoms with Crippen molar-refractivity contribution in [2.75, 3.05) is 0 Å². The molecule has 0 fully saturated rings. The van der Waals surface area contributed by atoms with Crippen LogP contribution in [0.25, 0.3) is 0 Å². The van der Waals surface area contributed by atoms with Crippen molar-refractivity contribution in [1.82, 2.24) is 0 Å². The highest BCUT2D eigenvalue weighted by molar-refractivity contribution is 7.99. The van der Waals surface area contributed by atoms with E-state index in [4.69, 9.17) is 11.6 Å². The van der Waals surface area contributed by atoms with Crippen molar-refractivity contribution < 1.29 is 4.79 Å². The van der Waals surface area contributed by atoms with Gasteiger partial charge in [-0.25, -0.2) is 0 Å². The topological polar surface area (TPSA) is 17.1 Å². The molecular formula is C14H11ClOS. The minimum absolute atomic E-state index is 0.0333. The van der Waals surface area contributed by atoms with E-state index < -0.39 is 0 Å². The molecule has 0 aliphatic heterocycles. The summed E-state index contributed by atoms with van der Waals surface area (Å²) in [6, 6.07) is 15.4. The first-order valence-corrected chi connectivity index (χ1v) is 6.39. The molecule has 2 rings (SSSR count). The zero-order chi connectivity index (χ0) is 12.3. The lowest BCUT2D eigenvalue weighted by molar-refractivity contribution is 0.101. The van der Waals surface area contributed by atoms with Gasteiger partial charge in [-0.1, -0.05) is 41.6 Å². The Morgan fingerprint density at radius 3 is 2.47 bits per heavy atom. The third kappa shape index (κ3) is 3.11. The molecule has 0 N–H and O–H groups in total. The summed E-state index contributed by atoms with van der Waals surface area (Å²) in [6.45, 7) is 1.56. The van der Waals surface area contributed by atoms with Crippen LogP contribution in [-0.2, 0) is 0 Å². The van der Waals surface area contributed by atoms with Crippen molar-refractivity contribution in [3.63, 3.8) is 0 Å². The predicted octanol–water partition coefficient (Wildman–Crippen LogP) is 4.69. The van der Waals surface area contributed by atoms with Crippen LogP contribution in [0.3, 0.4) is 0 Å². The monoisotopic (exact) mass is 262 g/mol. The molecule has 0 amide bonds. The van der Waals surface area contributed by atoms with Gasteiger partial charge in [0.2, 0.25) is 0 Å². The fraction of sp³-hybridized carbons (Fsp3) is 0.0714. The fourth-order valence-corrected chi connectivity index (χ4v) is 2.65. The Balaban J connectivity index is 2.36. The van der Waals surface area contributed by atoms with Crippen molar-refractivity contribution in [3.05, 3.63) is 59.1 Å². The zero-order valence-electron chi connectivity index (χ0n) is 9.31. The summed E-state index contributed by atoms with van der Waals surface area (Å²) in [4.78, 5) is 13.6. The highest BCUT2D eigenvalue weighted by Crippen LogP contribution is 2.32. The zero-order valence-corrected chi connectivity index (χ0v) is 10.9. The van der Waals surface area contributed by atoms with Crippen LogP contribution in [0.5, 0.6) is 0 Å². The molecule has 0 saturated heterocycles. The predicted molar refractivity (Wildman–Crippen MR) is 72.0 cm³/mol. The Bertz CT molecular complexity index is 537. The van der Waals surface area contributed by atoms with Crippen LogP contribution in [0.4, 0.5) is 0 Å². The third-order valence-corrected chi connectivity index (χ3v) is 3.61. The largest absolute Gasteiger partial charge is 0.294 e. The van der Waals surface area contributed by atoms with Crippen molar-refractivity contribution in [3.8, 4) is 0 Å². The summed E-state index contributed by atoms with van der Waals surface area (Å²) in [6.07, 6.45) is 0. The van der Waals surface area contributed by atoms with Crippen molar-refractivity contribution in [2.45, 2.75) is 16.7 Å². The number of benzene rings is 2. The lowest BCUT2D eigenvalue weighted by Gasteiger charge is -2.07. The Labute approximate surface area is 110 Å². The van der Waals surface area contributed by atoms with Gasteiger partial charge in [0.1, 0.15) is 0 Å². The number of ketones is 1. The van der Waals surface area contributed by atoms with E-state index in [1.54, 1.807) is 30.8 Å². The Morgan fingerprint density at radius 1 is 1.12 bits per heavy atom. The maximum absolute atomic E-state index is 11.5. The van der Waals surface area contributed by atoms with Gasteiger partial charge < -0.3 is 0 Å². The van der Waals surface area contributed by atoms with Crippen LogP contribution in [0, 0.1) is 0 Å². The van der Waals surface area contributed by atoms with E-state index in [0.717, 1.165) is 9.79 Å². The van der Waals surface area contributed by atoms with E-state index in [1.807, 2.05) is 36.4 Å². The smallest absolute Gasteiger partial charge is 0.160 e. The second-order valence-corrected chi connectivity index (χ2v) is 5.16. The molecule has 86 valence electrons. The Hall–Kier alpha value is -1.25. The summed E-state index contributed by atoms with van der Waals surface area (Å²) in [5.41, 5.74) is 0.673. The van der Waals surface area contributed by atoms with Crippen LogP contribution in [-0.4, -0.2) is 5.78 Å². The summed E-state index contributed by atoms with van der Waals surface area (Å²) in [7, 11) is 0. The molecule has 0 radical (unpaired) electrons. The van der Waals surface area contributed by atoms with Gasteiger partial charge in [0.15, 0.2) is 5.78 Å². The quantitative estimate of drug-likeness (QED) is 0.746. The minimum Gasteiger partial charge on any atom is -0.294 e. The van der Waals surface area contributed by atoms with E-state index >= 15 is 0 Å². The summed E-state index contributed by atoms with van der Waals surface area (Å²) in [5.74, 6) is 0.0333. The minimum atomic E-state index is 0.0333. The molecule has 0 aliphatic carbocycles. The molecule has 0 aliphatic rings. The van der Waals surface area contributed by atoms with E-state index in [0.29, 0.717) is 10.6 Å². The maximum atomic E-state index is 11.5. The normalized spacial score (nSPS) is 10.2. The second kappa shape index (κ2) is 5.39. The van der Waals surface area contributed by atoms with Crippen LogP contribution >= 0.6 is 23.4 Å². The molecule has 0 aromatic heterocycles. The molecule has 0 saturated carbocycles. The first-order valence-electron chi connectivity index (χ1n) is 5.20. The van der Waals surface area contributed by atoms with Gasteiger partial charge in [-0.2, -0.15) is 0 Å². The summed E-state index contributed by atoms with van der Waals surface area (Å²) < 4.78 is 0. The molecule has 0 spiro atoms. The second-order valence-electron chi connectivity index (χ2n) is 3.61. The first kappa shape index (κ1) is 12.2. The van der Waals surface area contributed by atoms with Gasteiger partial charge in [-0.15, -0.1) is 0 Å². The SMILES string of the molecule is CC(=O)c1cc(Cl)ccc1Sc1ccccc1. The molecule has 1 nitrogen and oxygen atoms in total. The van der Waals surface area contributed by atoms with Gasteiger partial charge in [-0.05, 0) is 37.3 Å². The maximum Gasteiger partial charge on any atom is 0.160 e. The van der Waals surface area contributed by atoms with E-state index in [-0.39, 0.29) is 5.78 Å². The fourth-order valence-electron chi connectivity index (χ4n) is 1.48. The van der Waals surface area contributed by atoms with E-state index in [1.165, 1.54) is 0 Å². The Morgan fingerprint density at radius 2 is 1.82 bits per heavy atom. The average Bonchev–Trinajstić information content (AvgIpc) is 2.32. The van der Waals surface area contributed by atoms with Gasteiger partial charge >= 0.3 is 0 Å². The summed E-state index contributed by atoms with van der Waals surface area (Å²) in [5, 5.41) is 0.590. The van der Waals surface area contributed by atoms with Crippen LogP contribution < -0.4 is 0 Å². The number of Topliss-reactive ketones (excluding diaryl/α,β-unsaturated/α-hetero) is 1. The number of halogens is 1.